The molecule has 0 fully saturated rings. The van der Waals surface area contributed by atoms with E-state index in [-0.39, 0.29) is 12.5 Å². The number of aryl methyl sites for hydroxylation is 3. The lowest BCUT2D eigenvalue weighted by molar-refractivity contribution is -0.123. The number of hydrogen-bond acceptors (Lipinski definition) is 4. The lowest BCUT2D eigenvalue weighted by atomic mass is 10.1. The zero-order valence-electron chi connectivity index (χ0n) is 20.8. The first-order valence-electron chi connectivity index (χ1n) is 12.3. The molecule has 6 nitrogen and oxygen atoms in total. The number of benzene rings is 3. The maximum atomic E-state index is 12.4. The fourth-order valence-electron chi connectivity index (χ4n) is 4.05. The Kier molecular flexibility index (Phi) is 8.85. The van der Waals surface area contributed by atoms with Crippen LogP contribution in [0.15, 0.2) is 66.7 Å². The highest BCUT2D eigenvalue weighted by Crippen LogP contribution is 2.23. The van der Waals surface area contributed by atoms with Crippen molar-refractivity contribution in [3.63, 3.8) is 0 Å². The van der Waals surface area contributed by atoms with Gasteiger partial charge in [-0.25, -0.2) is 4.98 Å². The van der Waals surface area contributed by atoms with Crippen LogP contribution in [0, 0.1) is 13.8 Å². The Morgan fingerprint density at radius 2 is 1.78 bits per heavy atom. The molecule has 4 rings (SSSR count). The highest BCUT2D eigenvalue weighted by Gasteiger charge is 2.11. The van der Waals surface area contributed by atoms with Crippen molar-refractivity contribution in [3.05, 3.63) is 88.7 Å². The first-order chi connectivity index (χ1) is 17.5. The third-order valence-corrected chi connectivity index (χ3v) is 6.29. The average Bonchev–Trinajstić information content (AvgIpc) is 3.22. The summed E-state index contributed by atoms with van der Waals surface area (Å²) in [4.78, 5) is 17.2. The van der Waals surface area contributed by atoms with Gasteiger partial charge in [-0.1, -0.05) is 48.0 Å². The lowest BCUT2D eigenvalue weighted by Crippen LogP contribution is -2.31. The largest absolute Gasteiger partial charge is 0.492 e. The quantitative estimate of drug-likeness (QED) is 0.243. The van der Waals surface area contributed by atoms with Gasteiger partial charge >= 0.3 is 0 Å². The standard InChI is InChI=1S/C29H32ClN3O3/c1-21-13-14-22(2)27(19-21)36-20-29(34)31-16-15-28-32-24-10-4-5-11-25(24)33(28)17-7-8-18-35-26-12-6-3-9-23(26)30/h3-6,9-14,19H,7-8,15-18,20H2,1-2H3,(H,31,34). The van der Waals surface area contributed by atoms with Crippen molar-refractivity contribution in [1.82, 2.24) is 14.9 Å². The Balaban J connectivity index is 1.28. The summed E-state index contributed by atoms with van der Waals surface area (Å²) in [6.07, 6.45) is 2.47. The van der Waals surface area contributed by atoms with E-state index in [1.807, 2.05) is 74.5 Å². The molecule has 4 aromatic rings. The molecule has 36 heavy (non-hydrogen) atoms. The zero-order valence-corrected chi connectivity index (χ0v) is 21.6. The van der Waals surface area contributed by atoms with Crippen molar-refractivity contribution < 1.29 is 14.3 Å². The second kappa shape index (κ2) is 12.5. The van der Waals surface area contributed by atoms with Crippen LogP contribution in [0.25, 0.3) is 11.0 Å². The molecule has 0 unspecified atom stereocenters. The molecule has 0 bridgehead atoms. The molecule has 0 aliphatic rings. The number of carbonyl (C=O) groups excluding carboxylic acids is 1. The molecule has 0 spiro atoms. The molecule has 3 aromatic carbocycles. The molecule has 1 aromatic heterocycles. The molecular weight excluding hydrogens is 474 g/mol. The van der Waals surface area contributed by atoms with E-state index >= 15 is 0 Å². The SMILES string of the molecule is Cc1ccc(C)c(OCC(=O)NCCc2nc3ccccc3n2CCCCOc2ccccc2Cl)c1. The molecule has 0 saturated heterocycles. The molecule has 1 amide bonds. The molecule has 7 heteroatoms. The molecule has 0 aliphatic carbocycles. The molecule has 188 valence electrons. The van der Waals surface area contributed by atoms with Crippen LogP contribution in [0.2, 0.25) is 5.02 Å². The first kappa shape index (κ1) is 25.6. The number of aromatic nitrogens is 2. The summed E-state index contributed by atoms with van der Waals surface area (Å²) in [5.41, 5.74) is 4.18. The highest BCUT2D eigenvalue weighted by atomic mass is 35.5. The van der Waals surface area contributed by atoms with Crippen molar-refractivity contribution in [1.29, 1.82) is 0 Å². The second-order valence-corrected chi connectivity index (χ2v) is 9.22. The topological polar surface area (TPSA) is 65.4 Å². The van der Waals surface area contributed by atoms with Gasteiger partial charge in [-0.3, -0.25) is 4.79 Å². The molecule has 1 N–H and O–H groups in total. The van der Waals surface area contributed by atoms with Gasteiger partial charge in [0.25, 0.3) is 5.91 Å². The third-order valence-electron chi connectivity index (χ3n) is 5.98. The number of para-hydroxylation sites is 3. The molecule has 0 atom stereocenters. The number of nitrogens with zero attached hydrogens (tertiary/aromatic N) is 2. The summed E-state index contributed by atoms with van der Waals surface area (Å²) in [5.74, 6) is 2.27. The summed E-state index contributed by atoms with van der Waals surface area (Å²) in [6, 6.07) is 21.6. The summed E-state index contributed by atoms with van der Waals surface area (Å²) in [5, 5.41) is 3.58. The van der Waals surface area contributed by atoms with Gasteiger partial charge in [0.2, 0.25) is 0 Å². The van der Waals surface area contributed by atoms with Gasteiger partial charge in [0.15, 0.2) is 6.61 Å². The number of halogens is 1. The monoisotopic (exact) mass is 505 g/mol. The normalized spacial score (nSPS) is 11.0. The van der Waals surface area contributed by atoms with Gasteiger partial charge in [-0.05, 0) is 68.1 Å². The van der Waals surface area contributed by atoms with E-state index in [4.69, 9.17) is 26.1 Å². The summed E-state index contributed by atoms with van der Waals surface area (Å²) < 4.78 is 13.8. The van der Waals surface area contributed by atoms with E-state index in [0.29, 0.717) is 30.3 Å². The van der Waals surface area contributed by atoms with Crippen LogP contribution < -0.4 is 14.8 Å². The Morgan fingerprint density at radius 1 is 0.972 bits per heavy atom. The summed E-state index contributed by atoms with van der Waals surface area (Å²) in [7, 11) is 0. The molecular formula is C29H32ClN3O3. The van der Waals surface area contributed by atoms with Crippen molar-refractivity contribution in [2.45, 2.75) is 39.7 Å². The van der Waals surface area contributed by atoms with Gasteiger partial charge in [0.05, 0.1) is 22.7 Å². The fraction of sp³-hybridized carbons (Fsp3) is 0.310. The number of rotatable bonds is 12. The number of ether oxygens (including phenoxy) is 2. The summed E-state index contributed by atoms with van der Waals surface area (Å²) >= 11 is 6.16. The number of hydrogen-bond donors (Lipinski definition) is 1. The predicted molar refractivity (Wildman–Crippen MR) is 144 cm³/mol. The van der Waals surface area contributed by atoms with E-state index in [1.165, 1.54) is 0 Å². The molecule has 1 heterocycles. The Hall–Kier alpha value is -3.51. The maximum absolute atomic E-state index is 12.4. The molecule has 0 aliphatic heterocycles. The van der Waals surface area contributed by atoms with Gasteiger partial charge in [0.1, 0.15) is 17.3 Å². The number of unbranched alkanes of at least 4 members (excludes halogenated alkanes) is 1. The zero-order chi connectivity index (χ0) is 25.3. The Bertz CT molecular complexity index is 1320. The van der Waals surface area contributed by atoms with Gasteiger partial charge < -0.3 is 19.4 Å². The van der Waals surface area contributed by atoms with Crippen LogP contribution in [-0.4, -0.2) is 35.2 Å². The highest BCUT2D eigenvalue weighted by molar-refractivity contribution is 6.32. The van der Waals surface area contributed by atoms with E-state index in [2.05, 4.69) is 16.0 Å². The number of carbonyl (C=O) groups is 1. The van der Waals surface area contributed by atoms with Gasteiger partial charge in [-0.15, -0.1) is 0 Å². The van der Waals surface area contributed by atoms with E-state index in [9.17, 15) is 4.79 Å². The average molecular weight is 506 g/mol. The maximum Gasteiger partial charge on any atom is 0.257 e. The minimum atomic E-state index is -0.143. The minimum Gasteiger partial charge on any atom is -0.492 e. The van der Waals surface area contributed by atoms with E-state index in [1.54, 1.807) is 0 Å². The first-order valence-corrected chi connectivity index (χ1v) is 12.7. The van der Waals surface area contributed by atoms with Crippen LogP contribution in [0.1, 0.15) is 29.8 Å². The Morgan fingerprint density at radius 3 is 2.64 bits per heavy atom. The van der Waals surface area contributed by atoms with Crippen LogP contribution >= 0.6 is 11.6 Å². The van der Waals surface area contributed by atoms with Crippen LogP contribution in [-0.2, 0) is 17.8 Å². The minimum absolute atomic E-state index is 0.00780. The number of imidazole rings is 1. The Labute approximate surface area is 217 Å². The lowest BCUT2D eigenvalue weighted by Gasteiger charge is -2.12. The van der Waals surface area contributed by atoms with Crippen molar-refractivity contribution in [2.75, 3.05) is 19.8 Å². The molecule has 0 radical (unpaired) electrons. The van der Waals surface area contributed by atoms with Crippen LogP contribution in [0.4, 0.5) is 0 Å². The van der Waals surface area contributed by atoms with Crippen molar-refractivity contribution in [2.24, 2.45) is 0 Å². The van der Waals surface area contributed by atoms with Gasteiger partial charge in [0, 0.05) is 19.5 Å². The second-order valence-electron chi connectivity index (χ2n) is 8.81. The molecule has 0 saturated carbocycles. The number of amides is 1. The van der Waals surface area contributed by atoms with Crippen molar-refractivity contribution >= 4 is 28.5 Å². The van der Waals surface area contributed by atoms with Gasteiger partial charge in [-0.2, -0.15) is 0 Å². The van der Waals surface area contributed by atoms with E-state index < -0.39 is 0 Å². The van der Waals surface area contributed by atoms with Crippen LogP contribution in [0.3, 0.4) is 0 Å². The number of nitrogens with one attached hydrogen (secondary N) is 1. The van der Waals surface area contributed by atoms with E-state index in [0.717, 1.165) is 53.1 Å². The number of fused-ring (bicyclic) bond motifs is 1. The summed E-state index contributed by atoms with van der Waals surface area (Å²) in [6.45, 7) is 5.89. The predicted octanol–water partition coefficient (Wildman–Crippen LogP) is 5.90. The van der Waals surface area contributed by atoms with Crippen LogP contribution in [0.5, 0.6) is 11.5 Å². The third kappa shape index (κ3) is 6.79. The smallest absolute Gasteiger partial charge is 0.257 e. The van der Waals surface area contributed by atoms with Crippen molar-refractivity contribution in [3.8, 4) is 11.5 Å². The fourth-order valence-corrected chi connectivity index (χ4v) is 4.24.